The number of carbonyl (C=O) groups excluding carboxylic acids is 2. The van der Waals surface area contributed by atoms with Gasteiger partial charge in [-0.3, -0.25) is 9.59 Å². The van der Waals surface area contributed by atoms with Crippen LogP contribution in [0.15, 0.2) is 60.7 Å². The van der Waals surface area contributed by atoms with Gasteiger partial charge in [0.1, 0.15) is 11.5 Å². The number of phenolic OH excluding ortho intramolecular Hbond substituents is 1. The SMILES string of the molecule is COc1ccc(C(=O)CC(=O)c2ccc3ccccc3c2)c(O)c1. The van der Waals surface area contributed by atoms with Crippen molar-refractivity contribution < 1.29 is 19.4 Å². The molecule has 4 heteroatoms. The van der Waals surface area contributed by atoms with Crippen molar-refractivity contribution in [2.24, 2.45) is 0 Å². The molecule has 1 N–H and O–H groups in total. The molecule has 0 unspecified atom stereocenters. The van der Waals surface area contributed by atoms with Gasteiger partial charge >= 0.3 is 0 Å². The van der Waals surface area contributed by atoms with Crippen LogP contribution in [0.1, 0.15) is 27.1 Å². The summed E-state index contributed by atoms with van der Waals surface area (Å²) in [7, 11) is 1.47. The maximum Gasteiger partial charge on any atom is 0.174 e. The number of aromatic hydroxyl groups is 1. The molecular weight excluding hydrogens is 304 g/mol. The molecule has 0 atom stereocenters. The third-order valence-electron chi connectivity index (χ3n) is 3.90. The zero-order valence-corrected chi connectivity index (χ0v) is 13.2. The van der Waals surface area contributed by atoms with Crippen molar-refractivity contribution in [3.05, 3.63) is 71.8 Å². The third-order valence-corrected chi connectivity index (χ3v) is 3.90. The lowest BCUT2D eigenvalue weighted by Crippen LogP contribution is -2.09. The van der Waals surface area contributed by atoms with Gasteiger partial charge in [-0.05, 0) is 29.0 Å². The van der Waals surface area contributed by atoms with Crippen molar-refractivity contribution in [3.8, 4) is 11.5 Å². The zero-order chi connectivity index (χ0) is 17.1. The number of rotatable bonds is 5. The van der Waals surface area contributed by atoms with Crippen LogP contribution in [0.5, 0.6) is 11.5 Å². The van der Waals surface area contributed by atoms with Crippen LogP contribution in [0.4, 0.5) is 0 Å². The Labute approximate surface area is 139 Å². The Morgan fingerprint density at radius 1 is 0.917 bits per heavy atom. The molecule has 0 aromatic heterocycles. The predicted octanol–water partition coefficient (Wildman–Crippen LogP) is 4.01. The number of fused-ring (bicyclic) bond motifs is 1. The average molecular weight is 320 g/mol. The van der Waals surface area contributed by atoms with Crippen molar-refractivity contribution in [1.29, 1.82) is 0 Å². The summed E-state index contributed by atoms with van der Waals surface area (Å²) >= 11 is 0. The maximum absolute atomic E-state index is 12.4. The molecule has 0 aliphatic heterocycles. The number of Topliss-reactive ketones (excluding diaryl/α,β-unsaturated/α-hetero) is 2. The Morgan fingerprint density at radius 3 is 2.38 bits per heavy atom. The summed E-state index contributed by atoms with van der Waals surface area (Å²) in [5, 5.41) is 11.9. The molecule has 0 aliphatic carbocycles. The number of hydrogen-bond donors (Lipinski definition) is 1. The molecule has 0 aliphatic rings. The molecule has 3 rings (SSSR count). The van der Waals surface area contributed by atoms with Crippen molar-refractivity contribution in [2.45, 2.75) is 6.42 Å². The van der Waals surface area contributed by atoms with Gasteiger partial charge in [-0.1, -0.05) is 36.4 Å². The van der Waals surface area contributed by atoms with Crippen LogP contribution in [0.3, 0.4) is 0 Å². The van der Waals surface area contributed by atoms with Gasteiger partial charge in [0.25, 0.3) is 0 Å². The molecule has 0 bridgehead atoms. The Kier molecular flexibility index (Phi) is 4.29. The molecule has 24 heavy (non-hydrogen) atoms. The monoisotopic (exact) mass is 320 g/mol. The highest BCUT2D eigenvalue weighted by molar-refractivity contribution is 6.15. The highest BCUT2D eigenvalue weighted by Crippen LogP contribution is 2.25. The first kappa shape index (κ1) is 15.7. The predicted molar refractivity (Wildman–Crippen MR) is 91.9 cm³/mol. The molecule has 0 radical (unpaired) electrons. The first-order valence-electron chi connectivity index (χ1n) is 7.50. The fourth-order valence-electron chi connectivity index (χ4n) is 2.58. The number of methoxy groups -OCH3 is 1. The van der Waals surface area contributed by atoms with Crippen LogP contribution < -0.4 is 4.74 Å². The van der Waals surface area contributed by atoms with E-state index in [4.69, 9.17) is 4.74 Å². The van der Waals surface area contributed by atoms with Gasteiger partial charge in [0.05, 0.1) is 19.1 Å². The molecule has 120 valence electrons. The van der Waals surface area contributed by atoms with Crippen LogP contribution in [0, 0.1) is 0 Å². The van der Waals surface area contributed by atoms with E-state index in [1.54, 1.807) is 18.2 Å². The summed E-state index contributed by atoms with van der Waals surface area (Å²) in [6.45, 7) is 0. The van der Waals surface area contributed by atoms with Gasteiger partial charge in [-0.15, -0.1) is 0 Å². The fourth-order valence-corrected chi connectivity index (χ4v) is 2.58. The molecule has 0 amide bonds. The van der Waals surface area contributed by atoms with E-state index in [1.165, 1.54) is 19.2 Å². The summed E-state index contributed by atoms with van der Waals surface area (Å²) in [6, 6.07) is 17.5. The molecule has 0 spiro atoms. The summed E-state index contributed by atoms with van der Waals surface area (Å²) in [6.07, 6.45) is -0.293. The lowest BCUT2D eigenvalue weighted by atomic mass is 9.99. The first-order valence-corrected chi connectivity index (χ1v) is 7.50. The van der Waals surface area contributed by atoms with Crippen LogP contribution in [0.25, 0.3) is 10.8 Å². The van der Waals surface area contributed by atoms with E-state index < -0.39 is 5.78 Å². The minimum Gasteiger partial charge on any atom is -0.507 e. The lowest BCUT2D eigenvalue weighted by Gasteiger charge is -2.06. The Bertz CT molecular complexity index is 928. The van der Waals surface area contributed by atoms with Gasteiger partial charge in [0, 0.05) is 11.6 Å². The number of hydrogen-bond acceptors (Lipinski definition) is 4. The van der Waals surface area contributed by atoms with Gasteiger partial charge < -0.3 is 9.84 Å². The summed E-state index contributed by atoms with van der Waals surface area (Å²) < 4.78 is 4.98. The van der Waals surface area contributed by atoms with Gasteiger partial charge in [-0.2, -0.15) is 0 Å². The molecule has 0 fully saturated rings. The summed E-state index contributed by atoms with van der Waals surface area (Å²) in [5.74, 6) is -0.440. The Morgan fingerprint density at radius 2 is 1.67 bits per heavy atom. The number of benzene rings is 3. The average Bonchev–Trinajstić information content (AvgIpc) is 2.60. The quantitative estimate of drug-likeness (QED) is 0.570. The van der Waals surface area contributed by atoms with Crippen LogP contribution >= 0.6 is 0 Å². The topological polar surface area (TPSA) is 63.6 Å². The van der Waals surface area contributed by atoms with E-state index in [2.05, 4.69) is 0 Å². The van der Waals surface area contributed by atoms with E-state index in [0.717, 1.165) is 10.8 Å². The van der Waals surface area contributed by atoms with Gasteiger partial charge in [0.2, 0.25) is 0 Å². The Balaban J connectivity index is 1.81. The van der Waals surface area contributed by atoms with Crippen molar-refractivity contribution in [2.75, 3.05) is 7.11 Å². The van der Waals surface area contributed by atoms with Gasteiger partial charge in [-0.25, -0.2) is 0 Å². The normalized spacial score (nSPS) is 10.5. The van der Waals surface area contributed by atoms with Crippen molar-refractivity contribution in [1.82, 2.24) is 0 Å². The van der Waals surface area contributed by atoms with Crippen LogP contribution in [-0.4, -0.2) is 23.8 Å². The smallest absolute Gasteiger partial charge is 0.174 e. The molecule has 0 saturated heterocycles. The standard InChI is InChI=1S/C20H16O4/c1-24-16-8-9-17(19(22)11-16)20(23)12-18(21)15-7-6-13-4-2-3-5-14(13)10-15/h2-11,22H,12H2,1H3. The fraction of sp³-hybridized carbons (Fsp3) is 0.100. The minimum absolute atomic E-state index is 0.116. The number of ether oxygens (including phenoxy) is 1. The van der Waals surface area contributed by atoms with E-state index in [9.17, 15) is 14.7 Å². The summed E-state index contributed by atoms with van der Waals surface area (Å²) in [5.41, 5.74) is 0.597. The lowest BCUT2D eigenvalue weighted by molar-refractivity contribution is 0.0893. The maximum atomic E-state index is 12.4. The summed E-state index contributed by atoms with van der Waals surface area (Å²) in [4.78, 5) is 24.7. The molecule has 0 saturated carbocycles. The van der Waals surface area contributed by atoms with E-state index in [-0.39, 0.29) is 23.5 Å². The molecule has 0 heterocycles. The molecule has 3 aromatic rings. The molecular formula is C20H16O4. The van der Waals surface area contributed by atoms with Crippen LogP contribution in [0.2, 0.25) is 0 Å². The van der Waals surface area contributed by atoms with E-state index >= 15 is 0 Å². The second kappa shape index (κ2) is 6.54. The first-order chi connectivity index (χ1) is 11.6. The Hall–Kier alpha value is -3.14. The van der Waals surface area contributed by atoms with Crippen molar-refractivity contribution in [3.63, 3.8) is 0 Å². The van der Waals surface area contributed by atoms with Crippen LogP contribution in [-0.2, 0) is 0 Å². The third kappa shape index (κ3) is 3.13. The number of ketones is 2. The second-order valence-corrected chi connectivity index (χ2v) is 5.47. The largest absolute Gasteiger partial charge is 0.507 e. The highest BCUT2D eigenvalue weighted by Gasteiger charge is 2.17. The molecule has 4 nitrogen and oxygen atoms in total. The highest BCUT2D eigenvalue weighted by atomic mass is 16.5. The second-order valence-electron chi connectivity index (χ2n) is 5.47. The van der Waals surface area contributed by atoms with Crippen molar-refractivity contribution >= 4 is 22.3 Å². The zero-order valence-electron chi connectivity index (χ0n) is 13.2. The minimum atomic E-state index is -0.423. The number of carbonyl (C=O) groups is 2. The molecule has 3 aromatic carbocycles. The number of phenols is 1. The van der Waals surface area contributed by atoms with Gasteiger partial charge in [0.15, 0.2) is 11.6 Å². The van der Waals surface area contributed by atoms with E-state index in [0.29, 0.717) is 11.3 Å². The van der Waals surface area contributed by atoms with E-state index in [1.807, 2.05) is 30.3 Å².